The molecule has 1 unspecified atom stereocenters. The van der Waals surface area contributed by atoms with Gasteiger partial charge in [0.05, 0.1) is 6.61 Å². The molecule has 1 saturated heterocycles. The summed E-state index contributed by atoms with van der Waals surface area (Å²) in [4.78, 5) is 2.34. The summed E-state index contributed by atoms with van der Waals surface area (Å²) < 4.78 is 0. The minimum absolute atomic E-state index is 0.302. The van der Waals surface area contributed by atoms with Gasteiger partial charge in [-0.15, -0.1) is 12.3 Å². The van der Waals surface area contributed by atoms with Crippen molar-refractivity contribution in [3.63, 3.8) is 0 Å². The van der Waals surface area contributed by atoms with Crippen LogP contribution in [0.15, 0.2) is 0 Å². The first-order valence-electron chi connectivity index (χ1n) is 4.67. The second kappa shape index (κ2) is 5.18. The van der Waals surface area contributed by atoms with Crippen molar-refractivity contribution in [3.05, 3.63) is 0 Å². The number of rotatable bonds is 4. The molecule has 0 aromatic carbocycles. The molecule has 2 heteroatoms. The topological polar surface area (TPSA) is 23.5 Å². The fourth-order valence-corrected chi connectivity index (χ4v) is 1.78. The van der Waals surface area contributed by atoms with Crippen LogP contribution in [0.3, 0.4) is 0 Å². The van der Waals surface area contributed by atoms with Crippen molar-refractivity contribution in [2.24, 2.45) is 0 Å². The van der Waals surface area contributed by atoms with E-state index in [1.807, 2.05) is 0 Å². The van der Waals surface area contributed by atoms with E-state index >= 15 is 0 Å². The van der Waals surface area contributed by atoms with Gasteiger partial charge < -0.3 is 5.11 Å². The first kappa shape index (κ1) is 9.57. The predicted molar refractivity (Wildman–Crippen MR) is 49.7 cm³/mol. The maximum atomic E-state index is 9.01. The van der Waals surface area contributed by atoms with E-state index in [0.29, 0.717) is 12.6 Å². The molecular formula is C10H17NO. The first-order valence-corrected chi connectivity index (χ1v) is 4.67. The number of aliphatic hydroxyl groups is 1. The molecule has 68 valence electrons. The van der Waals surface area contributed by atoms with E-state index in [-0.39, 0.29) is 0 Å². The number of unbranched alkanes of at least 4 members (excludes halogenated alkanes) is 1. The van der Waals surface area contributed by atoms with Crippen LogP contribution in [0.2, 0.25) is 0 Å². The summed E-state index contributed by atoms with van der Waals surface area (Å²) in [5.74, 6) is 2.64. The minimum atomic E-state index is 0.302. The van der Waals surface area contributed by atoms with Gasteiger partial charge in [0.1, 0.15) is 0 Å². The Morgan fingerprint density at radius 2 is 2.42 bits per heavy atom. The van der Waals surface area contributed by atoms with Crippen molar-refractivity contribution in [2.45, 2.75) is 31.7 Å². The molecule has 1 heterocycles. The van der Waals surface area contributed by atoms with Gasteiger partial charge >= 0.3 is 0 Å². The average molecular weight is 167 g/mol. The van der Waals surface area contributed by atoms with Gasteiger partial charge in [-0.3, -0.25) is 4.90 Å². The molecule has 1 aliphatic heterocycles. The number of nitrogens with zero attached hydrogens (tertiary/aromatic N) is 1. The lowest BCUT2D eigenvalue weighted by Crippen LogP contribution is -2.32. The minimum Gasteiger partial charge on any atom is -0.395 e. The molecular weight excluding hydrogens is 150 g/mol. The van der Waals surface area contributed by atoms with Gasteiger partial charge in [-0.1, -0.05) is 0 Å². The molecule has 1 fully saturated rings. The first-order chi connectivity index (χ1) is 5.88. The third kappa shape index (κ3) is 2.51. The third-order valence-electron chi connectivity index (χ3n) is 2.48. The molecule has 1 rings (SSSR count). The number of hydrogen-bond acceptors (Lipinski definition) is 2. The van der Waals surface area contributed by atoms with Gasteiger partial charge in [0.2, 0.25) is 0 Å². The predicted octanol–water partition coefficient (Wildman–Crippen LogP) is 0.856. The number of aliphatic hydroxyl groups excluding tert-OH is 1. The van der Waals surface area contributed by atoms with Gasteiger partial charge in [0.15, 0.2) is 0 Å². The van der Waals surface area contributed by atoms with Crippen LogP contribution >= 0.6 is 0 Å². The Morgan fingerprint density at radius 3 is 3.08 bits per heavy atom. The van der Waals surface area contributed by atoms with Crippen LogP contribution in [0.25, 0.3) is 0 Å². The highest BCUT2D eigenvalue weighted by atomic mass is 16.3. The number of likely N-dealkylation sites (tertiary alicyclic amines) is 1. The smallest absolute Gasteiger partial charge is 0.0586 e. The molecule has 0 aromatic rings. The van der Waals surface area contributed by atoms with Crippen LogP contribution in [-0.4, -0.2) is 35.7 Å². The summed E-state index contributed by atoms with van der Waals surface area (Å²) in [5.41, 5.74) is 0. The Balaban J connectivity index is 2.18. The average Bonchev–Trinajstić information content (AvgIpc) is 2.52. The zero-order valence-electron chi connectivity index (χ0n) is 7.50. The second-order valence-corrected chi connectivity index (χ2v) is 3.32. The molecule has 1 aliphatic rings. The van der Waals surface area contributed by atoms with Crippen molar-refractivity contribution in [3.8, 4) is 12.3 Å². The second-order valence-electron chi connectivity index (χ2n) is 3.32. The van der Waals surface area contributed by atoms with Crippen LogP contribution in [-0.2, 0) is 0 Å². The summed E-state index contributed by atoms with van der Waals surface area (Å²) in [6.07, 6.45) is 9.45. The van der Waals surface area contributed by atoms with E-state index in [4.69, 9.17) is 11.5 Å². The molecule has 0 bridgehead atoms. The Morgan fingerprint density at radius 1 is 1.58 bits per heavy atom. The lowest BCUT2D eigenvalue weighted by molar-refractivity contribution is 0.158. The monoisotopic (exact) mass is 167 g/mol. The summed E-state index contributed by atoms with van der Waals surface area (Å²) in [6.45, 7) is 2.49. The summed E-state index contributed by atoms with van der Waals surface area (Å²) in [6, 6.07) is 0.405. The Labute approximate surface area is 74.6 Å². The van der Waals surface area contributed by atoms with Crippen LogP contribution < -0.4 is 0 Å². The third-order valence-corrected chi connectivity index (χ3v) is 2.48. The van der Waals surface area contributed by atoms with Gasteiger partial charge in [-0.2, -0.15) is 0 Å². The molecule has 12 heavy (non-hydrogen) atoms. The maximum Gasteiger partial charge on any atom is 0.0586 e. The number of hydrogen-bond donors (Lipinski definition) is 1. The van der Waals surface area contributed by atoms with Crippen molar-refractivity contribution < 1.29 is 5.11 Å². The molecule has 1 atom stereocenters. The van der Waals surface area contributed by atoms with E-state index in [1.165, 1.54) is 6.42 Å². The van der Waals surface area contributed by atoms with Crippen molar-refractivity contribution in [1.29, 1.82) is 0 Å². The van der Waals surface area contributed by atoms with E-state index in [9.17, 15) is 0 Å². The standard InChI is InChI=1S/C10H17NO/c1-2-3-4-7-11-8-5-6-10(11)9-12/h1,10,12H,3-9H2. The summed E-state index contributed by atoms with van der Waals surface area (Å²) in [7, 11) is 0. The quantitative estimate of drug-likeness (QED) is 0.496. The van der Waals surface area contributed by atoms with E-state index in [2.05, 4.69) is 10.8 Å². The maximum absolute atomic E-state index is 9.01. The molecule has 0 saturated carbocycles. The molecule has 0 radical (unpaired) electrons. The lowest BCUT2D eigenvalue weighted by atomic mass is 10.2. The Kier molecular flexibility index (Phi) is 4.13. The van der Waals surface area contributed by atoms with E-state index < -0.39 is 0 Å². The molecule has 0 aromatic heterocycles. The van der Waals surface area contributed by atoms with Crippen LogP contribution in [0.4, 0.5) is 0 Å². The fourth-order valence-electron chi connectivity index (χ4n) is 1.78. The SMILES string of the molecule is C#CCCCN1CCCC1CO. The largest absolute Gasteiger partial charge is 0.395 e. The fraction of sp³-hybridized carbons (Fsp3) is 0.800. The van der Waals surface area contributed by atoms with Crippen LogP contribution in [0.1, 0.15) is 25.7 Å². The molecule has 0 spiro atoms. The van der Waals surface area contributed by atoms with Crippen molar-refractivity contribution in [1.82, 2.24) is 4.90 Å². The Bertz CT molecular complexity index is 162. The van der Waals surface area contributed by atoms with Gasteiger partial charge in [0, 0.05) is 12.5 Å². The molecule has 0 aliphatic carbocycles. The van der Waals surface area contributed by atoms with E-state index in [1.54, 1.807) is 0 Å². The molecule has 0 amide bonds. The van der Waals surface area contributed by atoms with Crippen LogP contribution in [0.5, 0.6) is 0 Å². The van der Waals surface area contributed by atoms with Gasteiger partial charge in [-0.05, 0) is 32.4 Å². The molecule has 2 nitrogen and oxygen atoms in total. The van der Waals surface area contributed by atoms with Gasteiger partial charge in [-0.25, -0.2) is 0 Å². The van der Waals surface area contributed by atoms with Crippen molar-refractivity contribution >= 4 is 0 Å². The van der Waals surface area contributed by atoms with Gasteiger partial charge in [0.25, 0.3) is 0 Å². The highest BCUT2D eigenvalue weighted by Gasteiger charge is 2.22. The van der Waals surface area contributed by atoms with Crippen molar-refractivity contribution in [2.75, 3.05) is 19.7 Å². The summed E-state index contributed by atoms with van der Waals surface area (Å²) >= 11 is 0. The molecule has 1 N–H and O–H groups in total. The highest BCUT2D eigenvalue weighted by molar-refractivity contribution is 4.85. The highest BCUT2D eigenvalue weighted by Crippen LogP contribution is 2.16. The lowest BCUT2D eigenvalue weighted by Gasteiger charge is -2.21. The summed E-state index contributed by atoms with van der Waals surface area (Å²) in [5, 5.41) is 9.01. The van der Waals surface area contributed by atoms with E-state index in [0.717, 1.165) is 32.4 Å². The Hall–Kier alpha value is -0.520. The zero-order valence-corrected chi connectivity index (χ0v) is 7.50. The normalized spacial score (nSPS) is 24.2. The van der Waals surface area contributed by atoms with Crippen LogP contribution in [0, 0.1) is 12.3 Å². The zero-order chi connectivity index (χ0) is 8.81. The number of terminal acetylenes is 1.